The summed E-state index contributed by atoms with van der Waals surface area (Å²) >= 11 is 0. The van der Waals surface area contributed by atoms with Gasteiger partial charge in [0.05, 0.1) is 0 Å². The molecule has 0 aliphatic carbocycles. The number of nitrogens with one attached hydrogen (secondary N) is 1. The predicted octanol–water partition coefficient (Wildman–Crippen LogP) is 4.35. The highest BCUT2D eigenvalue weighted by Gasteiger charge is 2.08. The summed E-state index contributed by atoms with van der Waals surface area (Å²) in [6, 6.07) is 6.91. The van der Waals surface area contributed by atoms with E-state index in [1.54, 1.807) is 12.1 Å². The highest BCUT2D eigenvalue weighted by atomic mass is 19.3. The molecule has 1 rings (SSSR count). The highest BCUT2D eigenvalue weighted by Crippen LogP contribution is 2.19. The first-order chi connectivity index (χ1) is 9.24. The molecular formula is C15H23F2NO. The minimum atomic E-state index is -2.77. The number of hydrogen-bond donors (Lipinski definition) is 1. The van der Waals surface area contributed by atoms with Crippen LogP contribution < -0.4 is 10.1 Å². The van der Waals surface area contributed by atoms with Crippen molar-refractivity contribution in [2.75, 3.05) is 6.54 Å². The number of para-hydroxylation sites is 1. The molecule has 0 saturated carbocycles. The van der Waals surface area contributed by atoms with Gasteiger partial charge in [0, 0.05) is 12.1 Å². The summed E-state index contributed by atoms with van der Waals surface area (Å²) < 4.78 is 28.9. The lowest BCUT2D eigenvalue weighted by Gasteiger charge is -2.11. The number of ether oxygens (including phenoxy) is 1. The quantitative estimate of drug-likeness (QED) is 0.639. The van der Waals surface area contributed by atoms with Gasteiger partial charge in [-0.3, -0.25) is 0 Å². The van der Waals surface area contributed by atoms with E-state index in [1.165, 1.54) is 25.7 Å². The van der Waals surface area contributed by atoms with Crippen LogP contribution in [0.3, 0.4) is 0 Å². The summed E-state index contributed by atoms with van der Waals surface area (Å²) in [7, 11) is 0. The van der Waals surface area contributed by atoms with Crippen molar-refractivity contribution in [1.82, 2.24) is 5.32 Å². The molecule has 0 bridgehead atoms. The Kier molecular flexibility index (Phi) is 8.14. The van der Waals surface area contributed by atoms with Crippen LogP contribution in [0.4, 0.5) is 8.78 Å². The minimum absolute atomic E-state index is 0.260. The van der Waals surface area contributed by atoms with Gasteiger partial charge in [0.2, 0.25) is 0 Å². The van der Waals surface area contributed by atoms with Gasteiger partial charge in [-0.1, -0.05) is 50.8 Å². The number of hydrogen-bond acceptors (Lipinski definition) is 2. The third kappa shape index (κ3) is 7.11. The fourth-order valence-corrected chi connectivity index (χ4v) is 1.94. The zero-order valence-electron chi connectivity index (χ0n) is 11.5. The lowest BCUT2D eigenvalue weighted by atomic mass is 10.1. The van der Waals surface area contributed by atoms with Crippen LogP contribution in [0, 0.1) is 0 Å². The second-order valence-corrected chi connectivity index (χ2v) is 4.58. The second kappa shape index (κ2) is 9.73. The summed E-state index contributed by atoms with van der Waals surface area (Å²) in [6.07, 6.45) is 6.13. The fourth-order valence-electron chi connectivity index (χ4n) is 1.94. The van der Waals surface area contributed by atoms with Gasteiger partial charge in [-0.15, -0.1) is 0 Å². The van der Waals surface area contributed by atoms with E-state index >= 15 is 0 Å². The molecule has 0 amide bonds. The van der Waals surface area contributed by atoms with Gasteiger partial charge in [-0.25, -0.2) is 0 Å². The van der Waals surface area contributed by atoms with E-state index in [0.717, 1.165) is 18.5 Å². The Morgan fingerprint density at radius 3 is 2.58 bits per heavy atom. The van der Waals surface area contributed by atoms with E-state index in [4.69, 9.17) is 0 Å². The van der Waals surface area contributed by atoms with Crippen molar-refractivity contribution in [2.45, 2.75) is 52.2 Å². The Morgan fingerprint density at radius 2 is 1.84 bits per heavy atom. The monoisotopic (exact) mass is 271 g/mol. The lowest BCUT2D eigenvalue weighted by molar-refractivity contribution is -0.0504. The average molecular weight is 271 g/mol. The zero-order valence-corrected chi connectivity index (χ0v) is 11.5. The molecule has 0 fully saturated rings. The summed E-state index contributed by atoms with van der Waals surface area (Å²) in [5.41, 5.74) is 0.774. The SMILES string of the molecule is CCCCCCCNCc1ccccc1OC(F)F. The first kappa shape index (κ1) is 15.9. The Labute approximate surface area is 114 Å². The van der Waals surface area contributed by atoms with Crippen LogP contribution in [0.25, 0.3) is 0 Å². The largest absolute Gasteiger partial charge is 0.434 e. The number of alkyl halides is 2. The molecule has 0 saturated heterocycles. The zero-order chi connectivity index (χ0) is 13.9. The van der Waals surface area contributed by atoms with Crippen molar-refractivity contribution in [1.29, 1.82) is 0 Å². The van der Waals surface area contributed by atoms with E-state index < -0.39 is 6.61 Å². The van der Waals surface area contributed by atoms with Crippen LogP contribution in [0.1, 0.15) is 44.6 Å². The number of unbranched alkanes of at least 4 members (excludes halogenated alkanes) is 4. The maximum absolute atomic E-state index is 12.2. The Morgan fingerprint density at radius 1 is 1.11 bits per heavy atom. The molecule has 4 heteroatoms. The smallest absolute Gasteiger partial charge is 0.387 e. The summed E-state index contributed by atoms with van der Waals surface area (Å²) in [5, 5.41) is 3.27. The van der Waals surface area contributed by atoms with Crippen molar-refractivity contribution in [3.8, 4) is 5.75 Å². The maximum atomic E-state index is 12.2. The summed E-state index contributed by atoms with van der Waals surface area (Å²) in [5.74, 6) is 0.260. The van der Waals surface area contributed by atoms with Gasteiger partial charge < -0.3 is 10.1 Å². The minimum Gasteiger partial charge on any atom is -0.434 e. The predicted molar refractivity (Wildman–Crippen MR) is 73.5 cm³/mol. The van der Waals surface area contributed by atoms with Crippen LogP contribution in [-0.2, 0) is 6.54 Å². The highest BCUT2D eigenvalue weighted by molar-refractivity contribution is 5.33. The Bertz CT molecular complexity index is 345. The topological polar surface area (TPSA) is 21.3 Å². The first-order valence-corrected chi connectivity index (χ1v) is 6.97. The van der Waals surface area contributed by atoms with Gasteiger partial charge in [-0.2, -0.15) is 8.78 Å². The van der Waals surface area contributed by atoms with E-state index in [9.17, 15) is 8.78 Å². The standard InChI is InChI=1S/C15H23F2NO/c1-2-3-4-5-8-11-18-12-13-9-6-7-10-14(13)19-15(16)17/h6-7,9-10,15,18H,2-5,8,11-12H2,1H3. The summed E-state index contributed by atoms with van der Waals surface area (Å²) in [6.45, 7) is 0.900. The fraction of sp³-hybridized carbons (Fsp3) is 0.600. The Hall–Kier alpha value is -1.16. The second-order valence-electron chi connectivity index (χ2n) is 4.58. The third-order valence-corrected chi connectivity index (χ3v) is 2.96. The van der Waals surface area contributed by atoms with Crippen LogP contribution in [0.2, 0.25) is 0 Å². The molecule has 0 heterocycles. The molecule has 0 spiro atoms. The third-order valence-electron chi connectivity index (χ3n) is 2.96. The van der Waals surface area contributed by atoms with E-state index in [0.29, 0.717) is 6.54 Å². The van der Waals surface area contributed by atoms with Crippen LogP contribution in [0.15, 0.2) is 24.3 Å². The Balaban J connectivity index is 2.25. The lowest BCUT2D eigenvalue weighted by Crippen LogP contribution is -2.16. The molecule has 0 radical (unpaired) electrons. The van der Waals surface area contributed by atoms with Crippen molar-refractivity contribution < 1.29 is 13.5 Å². The molecule has 108 valence electrons. The van der Waals surface area contributed by atoms with Crippen molar-refractivity contribution in [2.24, 2.45) is 0 Å². The molecule has 1 N–H and O–H groups in total. The van der Waals surface area contributed by atoms with Crippen LogP contribution in [0.5, 0.6) is 5.75 Å². The van der Waals surface area contributed by atoms with Gasteiger partial charge in [0.1, 0.15) is 5.75 Å². The molecule has 0 aliphatic heterocycles. The normalized spacial score (nSPS) is 10.9. The molecule has 0 atom stereocenters. The van der Waals surface area contributed by atoms with Crippen LogP contribution >= 0.6 is 0 Å². The van der Waals surface area contributed by atoms with Crippen molar-refractivity contribution in [3.05, 3.63) is 29.8 Å². The number of rotatable bonds is 10. The molecule has 0 unspecified atom stereocenters. The molecule has 1 aromatic carbocycles. The average Bonchev–Trinajstić information content (AvgIpc) is 2.39. The van der Waals surface area contributed by atoms with Crippen molar-refractivity contribution >= 4 is 0 Å². The molecule has 1 aromatic rings. The van der Waals surface area contributed by atoms with Gasteiger partial charge in [0.25, 0.3) is 0 Å². The maximum Gasteiger partial charge on any atom is 0.387 e. The summed E-state index contributed by atoms with van der Waals surface area (Å²) in [4.78, 5) is 0. The van der Waals surface area contributed by atoms with Crippen molar-refractivity contribution in [3.63, 3.8) is 0 Å². The molecule has 0 aromatic heterocycles. The van der Waals surface area contributed by atoms with Crippen LogP contribution in [-0.4, -0.2) is 13.2 Å². The van der Waals surface area contributed by atoms with E-state index in [1.807, 2.05) is 12.1 Å². The first-order valence-electron chi connectivity index (χ1n) is 6.97. The molecule has 2 nitrogen and oxygen atoms in total. The van der Waals surface area contributed by atoms with Gasteiger partial charge >= 0.3 is 6.61 Å². The van der Waals surface area contributed by atoms with E-state index in [-0.39, 0.29) is 5.75 Å². The van der Waals surface area contributed by atoms with E-state index in [2.05, 4.69) is 17.0 Å². The molecule has 19 heavy (non-hydrogen) atoms. The molecule has 0 aliphatic rings. The van der Waals surface area contributed by atoms with Gasteiger partial charge in [-0.05, 0) is 19.0 Å². The molecular weight excluding hydrogens is 248 g/mol. The number of halogens is 2. The number of benzene rings is 1. The van der Waals surface area contributed by atoms with Gasteiger partial charge in [0.15, 0.2) is 0 Å².